The maximum atomic E-state index is 14.1. The number of para-hydroxylation sites is 5. The molecule has 10 bridgehead atoms. The molecule has 5 amide bonds. The van der Waals surface area contributed by atoms with E-state index in [-0.39, 0.29) is 118 Å². The van der Waals surface area contributed by atoms with Crippen LogP contribution in [0.3, 0.4) is 0 Å². The van der Waals surface area contributed by atoms with Gasteiger partial charge in [0.05, 0.1) is 89.3 Å². The highest BCUT2D eigenvalue weighted by Crippen LogP contribution is 2.38. The molecule has 0 aliphatic carbocycles. The Morgan fingerprint density at radius 1 is 0.300 bits per heavy atom. The van der Waals surface area contributed by atoms with Gasteiger partial charge in [-0.3, -0.25) is 24.0 Å². The molecule has 5 aromatic carbocycles. The van der Waals surface area contributed by atoms with Gasteiger partial charge in [0.25, 0.3) is 29.5 Å². The van der Waals surface area contributed by atoms with E-state index in [0.717, 1.165) is 0 Å². The lowest BCUT2D eigenvalue weighted by molar-refractivity contribution is 0.100. The highest BCUT2D eigenvalue weighted by Gasteiger charge is 2.27. The van der Waals surface area contributed by atoms with E-state index in [1.54, 1.807) is 95.3 Å². The lowest BCUT2D eigenvalue weighted by atomic mass is 10.1. The van der Waals surface area contributed by atoms with Crippen LogP contribution in [0.4, 0.5) is 28.4 Å². The third-order valence-corrected chi connectivity index (χ3v) is 8.98. The van der Waals surface area contributed by atoms with Crippen LogP contribution in [0.25, 0.3) is 0 Å². The second kappa shape index (κ2) is 19.3. The van der Waals surface area contributed by atoms with Crippen LogP contribution in [-0.4, -0.2) is 62.6 Å². The Kier molecular flexibility index (Phi) is 13.5. The smallest absolute Gasteiger partial charge is 0.259 e. The molecule has 0 radical (unpaired) electrons. The van der Waals surface area contributed by atoms with Crippen molar-refractivity contribution in [2.24, 2.45) is 0 Å². The molecule has 1 aliphatic rings. The molecule has 0 aromatic heterocycles. The molecule has 0 saturated heterocycles. The minimum absolute atomic E-state index is 0.0762. The Hall–Kier alpha value is -7.55. The van der Waals surface area contributed by atoms with Crippen LogP contribution in [0.1, 0.15) is 86.4 Å². The summed E-state index contributed by atoms with van der Waals surface area (Å²) in [6.07, 6.45) is 0. The van der Waals surface area contributed by atoms with E-state index in [1.807, 2.05) is 0 Å². The zero-order valence-corrected chi connectivity index (χ0v) is 33.8. The van der Waals surface area contributed by atoms with Crippen molar-refractivity contribution >= 4 is 58.0 Å². The van der Waals surface area contributed by atoms with Crippen molar-refractivity contribution in [3.05, 3.63) is 119 Å². The van der Waals surface area contributed by atoms with Crippen molar-refractivity contribution < 1.29 is 47.7 Å². The number of carbonyl (C=O) groups excluding carboxylic acids is 5. The highest BCUT2D eigenvalue weighted by atomic mass is 16.5. The predicted octanol–water partition coefficient (Wildman–Crippen LogP) is 8.26. The van der Waals surface area contributed by atoms with E-state index in [4.69, 9.17) is 23.7 Å². The summed E-state index contributed by atoms with van der Waals surface area (Å²) in [4.78, 5) is 70.3. The van der Waals surface area contributed by atoms with E-state index in [9.17, 15) is 24.0 Å². The fourth-order valence-corrected chi connectivity index (χ4v) is 6.52. The van der Waals surface area contributed by atoms with Crippen LogP contribution in [0, 0.1) is 0 Å². The van der Waals surface area contributed by atoms with Gasteiger partial charge in [0, 0.05) is 0 Å². The molecule has 15 nitrogen and oxygen atoms in total. The summed E-state index contributed by atoms with van der Waals surface area (Å²) in [7, 11) is 0. The van der Waals surface area contributed by atoms with Gasteiger partial charge in [-0.2, -0.15) is 0 Å². The summed E-state index contributed by atoms with van der Waals surface area (Å²) >= 11 is 0. The number of nitrogens with one attached hydrogen (secondary N) is 5. The van der Waals surface area contributed by atoms with Crippen LogP contribution >= 0.6 is 0 Å². The molecule has 1 aliphatic heterocycles. The zero-order valence-electron chi connectivity index (χ0n) is 33.8. The predicted molar refractivity (Wildman–Crippen MR) is 228 cm³/mol. The summed E-state index contributed by atoms with van der Waals surface area (Å²) in [6, 6.07) is 23.5. The Morgan fingerprint density at radius 3 is 0.617 bits per heavy atom. The third-order valence-electron chi connectivity index (χ3n) is 8.98. The first-order valence-electron chi connectivity index (χ1n) is 19.5. The quantitative estimate of drug-likeness (QED) is 0.0917. The maximum Gasteiger partial charge on any atom is 0.259 e. The molecule has 0 saturated carbocycles. The summed E-state index contributed by atoms with van der Waals surface area (Å²) in [5, 5.41) is 14.2. The van der Waals surface area contributed by atoms with Gasteiger partial charge in [-0.15, -0.1) is 0 Å². The highest BCUT2D eigenvalue weighted by molar-refractivity contribution is 6.16. The molecule has 5 N–H and O–H groups in total. The molecule has 0 fully saturated rings. The van der Waals surface area contributed by atoms with E-state index < -0.39 is 29.5 Å². The molecule has 15 heteroatoms. The number of hydrogen-bond acceptors (Lipinski definition) is 10. The summed E-state index contributed by atoms with van der Waals surface area (Å²) in [5.74, 6) is -2.68. The number of rotatable bonds is 10. The minimum atomic E-state index is -0.620. The maximum absolute atomic E-state index is 14.1. The standard InChI is InChI=1S/C45H45N5O10/c1-6-56-36-26-16-11-21-31(36)46-42(52)27-17-12-23-33(37(27)57-7-2)48-44(54)29-19-14-25-35(39(29)59-9-4)50-45(55)30-20-15-24-34(40(30)60-10-5)49-43(53)28-18-13-22-32(47-41(26)51)38(28)58-8-3/h11-25H,6-10H2,1-5H3,(H,46,52)(H,47,51)(H,48,54)(H,49,53)(H,50,55). The number of fused-ring (bicyclic) bond motifs is 10. The molecular formula is C45H45N5O10. The van der Waals surface area contributed by atoms with Gasteiger partial charge in [0.2, 0.25) is 0 Å². The first kappa shape index (κ1) is 42.1. The van der Waals surface area contributed by atoms with Gasteiger partial charge < -0.3 is 50.3 Å². The van der Waals surface area contributed by atoms with Gasteiger partial charge in [-0.05, 0) is 95.3 Å². The van der Waals surface area contributed by atoms with E-state index >= 15 is 0 Å². The number of benzene rings is 5. The molecule has 310 valence electrons. The van der Waals surface area contributed by atoms with Crippen molar-refractivity contribution in [2.75, 3.05) is 59.6 Å². The number of ether oxygens (including phenoxy) is 5. The summed E-state index contributed by atoms with van der Waals surface area (Å²) in [6.45, 7) is 9.43. The van der Waals surface area contributed by atoms with E-state index in [2.05, 4.69) is 26.6 Å². The zero-order chi connectivity index (χ0) is 42.8. The van der Waals surface area contributed by atoms with Crippen molar-refractivity contribution in [3.8, 4) is 28.7 Å². The Bertz CT molecular complexity index is 2060. The third kappa shape index (κ3) is 8.94. The topological polar surface area (TPSA) is 192 Å². The lowest BCUT2D eigenvalue weighted by Crippen LogP contribution is -2.20. The van der Waals surface area contributed by atoms with Crippen LogP contribution in [0.5, 0.6) is 28.7 Å². The minimum Gasteiger partial charge on any atom is -0.491 e. The van der Waals surface area contributed by atoms with Gasteiger partial charge >= 0.3 is 0 Å². The van der Waals surface area contributed by atoms with Crippen molar-refractivity contribution in [3.63, 3.8) is 0 Å². The molecular weight excluding hydrogens is 771 g/mol. The first-order valence-corrected chi connectivity index (χ1v) is 19.5. The van der Waals surface area contributed by atoms with E-state index in [0.29, 0.717) is 0 Å². The number of carbonyl (C=O) groups is 5. The fourth-order valence-electron chi connectivity index (χ4n) is 6.52. The van der Waals surface area contributed by atoms with E-state index in [1.165, 1.54) is 30.3 Å². The van der Waals surface area contributed by atoms with Gasteiger partial charge in [-0.25, -0.2) is 0 Å². The Balaban J connectivity index is 1.54. The van der Waals surface area contributed by atoms with Crippen molar-refractivity contribution in [1.29, 1.82) is 0 Å². The molecule has 0 atom stereocenters. The van der Waals surface area contributed by atoms with Crippen molar-refractivity contribution in [1.82, 2.24) is 0 Å². The normalized spacial score (nSPS) is 12.9. The largest absolute Gasteiger partial charge is 0.491 e. The Morgan fingerprint density at radius 2 is 0.467 bits per heavy atom. The second-order valence-corrected chi connectivity index (χ2v) is 12.8. The number of anilines is 5. The first-order chi connectivity index (χ1) is 29.1. The average Bonchev–Trinajstić information content (AvgIpc) is 3.23. The number of amides is 5. The molecule has 5 aromatic rings. The molecule has 0 unspecified atom stereocenters. The Labute approximate surface area is 346 Å². The fraction of sp³-hybridized carbons (Fsp3) is 0.222. The molecule has 1 heterocycles. The molecule has 60 heavy (non-hydrogen) atoms. The molecule has 6 rings (SSSR count). The van der Waals surface area contributed by atoms with Gasteiger partial charge in [0.1, 0.15) is 0 Å². The lowest BCUT2D eigenvalue weighted by Gasteiger charge is -2.19. The monoisotopic (exact) mass is 815 g/mol. The summed E-state index contributed by atoms with van der Waals surface area (Å²) in [5.41, 5.74) is 1.30. The summed E-state index contributed by atoms with van der Waals surface area (Å²) < 4.78 is 29.8. The van der Waals surface area contributed by atoms with Gasteiger partial charge in [-0.1, -0.05) is 30.3 Å². The van der Waals surface area contributed by atoms with Crippen LogP contribution in [0.15, 0.2) is 91.0 Å². The SMILES string of the molecule is CCOc1c2cccc1C(=O)Nc1cccc(c1OCC)C(=O)Nc1cccc(c1OCC)C(=O)Nc1cccc(c1OCC)C(=O)Nc1cccc(c1OCC)C(=O)N2. The van der Waals surface area contributed by atoms with Gasteiger partial charge in [0.15, 0.2) is 28.7 Å². The van der Waals surface area contributed by atoms with Crippen LogP contribution in [-0.2, 0) is 0 Å². The van der Waals surface area contributed by atoms with Crippen LogP contribution in [0.2, 0.25) is 0 Å². The molecule has 0 spiro atoms. The second-order valence-electron chi connectivity index (χ2n) is 12.8. The number of hydrogen-bond donors (Lipinski definition) is 5. The average molecular weight is 816 g/mol. The van der Waals surface area contributed by atoms with Crippen LogP contribution < -0.4 is 50.3 Å². The van der Waals surface area contributed by atoms with Crippen molar-refractivity contribution in [2.45, 2.75) is 34.6 Å².